The first-order valence-electron chi connectivity index (χ1n) is 3.68. The Morgan fingerprint density at radius 1 is 1.36 bits per heavy atom. The molecule has 1 aromatic rings. The van der Waals surface area contributed by atoms with Crippen LogP contribution in [0.5, 0.6) is 0 Å². The van der Waals surface area contributed by atoms with Gasteiger partial charge in [0.15, 0.2) is 0 Å². The van der Waals surface area contributed by atoms with E-state index in [1.165, 1.54) is 0 Å². The molecule has 0 spiro atoms. The summed E-state index contributed by atoms with van der Waals surface area (Å²) in [5.74, 6) is 0. The Balaban J connectivity index is 2.57. The van der Waals surface area contributed by atoms with Crippen molar-refractivity contribution in [3.63, 3.8) is 0 Å². The largest absolute Gasteiger partial charge is 0.261 e. The molecule has 1 aromatic carbocycles. The van der Waals surface area contributed by atoms with Crippen molar-refractivity contribution in [1.82, 2.24) is 0 Å². The maximum atomic E-state index is 11.2. The van der Waals surface area contributed by atoms with Gasteiger partial charge in [-0.05, 0) is 6.07 Å². The summed E-state index contributed by atoms with van der Waals surface area (Å²) in [5.41, 5.74) is 0.586. The minimum Gasteiger partial charge on any atom is -0.209 e. The predicted molar refractivity (Wildman–Crippen MR) is 54.7 cm³/mol. The van der Waals surface area contributed by atoms with Crippen LogP contribution in [0.1, 0.15) is 10.9 Å². The summed E-state index contributed by atoms with van der Waals surface area (Å²) in [6.07, 6.45) is 0. The topological polar surface area (TPSA) is 58.9 Å². The summed E-state index contributed by atoms with van der Waals surface area (Å²) in [7, 11) is 1.51. The zero-order valence-corrected chi connectivity index (χ0v) is 9.18. The molecule has 7 heteroatoms. The van der Waals surface area contributed by atoms with Crippen LogP contribution in [0, 0.1) is 0 Å². The highest BCUT2D eigenvalue weighted by Crippen LogP contribution is 2.39. The molecule has 0 aromatic heterocycles. The highest BCUT2D eigenvalue weighted by atomic mass is 35.7. The maximum Gasteiger partial charge on any atom is 0.261 e. The van der Waals surface area contributed by atoms with Crippen LogP contribution in [0.3, 0.4) is 0 Å². The van der Waals surface area contributed by atoms with Crippen molar-refractivity contribution in [3.05, 3.63) is 29.8 Å². The molecule has 2 rings (SSSR count). The van der Waals surface area contributed by atoms with Crippen LogP contribution in [-0.4, -0.2) is 8.42 Å². The fourth-order valence-electron chi connectivity index (χ4n) is 1.15. The fraction of sp³-hybridized carbons (Fsp3) is 0.143. The zero-order valence-electron chi connectivity index (χ0n) is 6.79. The van der Waals surface area contributed by atoms with E-state index in [1.807, 2.05) is 6.07 Å². The van der Waals surface area contributed by atoms with E-state index >= 15 is 0 Å². The predicted octanol–water partition coefficient (Wildman–Crippen LogP) is 2.73. The minimum absolute atomic E-state index is 0.586. The molecule has 0 N–H and O–H groups in total. The van der Waals surface area contributed by atoms with Crippen molar-refractivity contribution < 1.29 is 8.42 Å². The van der Waals surface area contributed by atoms with E-state index in [9.17, 15) is 8.42 Å². The van der Waals surface area contributed by atoms with Crippen LogP contribution in [0.2, 0.25) is 0 Å². The number of nitrogens with zero attached hydrogens (tertiary/aromatic N) is 2. The third kappa shape index (κ3) is 1.77. The first-order valence-corrected chi connectivity index (χ1v) is 6.83. The van der Waals surface area contributed by atoms with Crippen molar-refractivity contribution in [1.29, 1.82) is 0 Å². The van der Waals surface area contributed by atoms with Crippen LogP contribution < -0.4 is 0 Å². The first-order chi connectivity index (χ1) is 6.59. The van der Waals surface area contributed by atoms with Crippen molar-refractivity contribution in [2.24, 2.45) is 9.63 Å². The summed E-state index contributed by atoms with van der Waals surface area (Å²) in [5, 5.41) is 2.54. The molecule has 0 saturated heterocycles. The summed E-state index contributed by atoms with van der Waals surface area (Å²) in [4.78, 5) is 0.775. The fourth-order valence-corrected chi connectivity index (χ4v) is 3.00. The van der Waals surface area contributed by atoms with E-state index in [0.717, 1.165) is 16.8 Å². The van der Waals surface area contributed by atoms with E-state index in [1.54, 1.807) is 18.2 Å². The molecule has 0 aliphatic carbocycles. The normalized spacial score (nSPS) is 20.5. The summed E-state index contributed by atoms with van der Waals surface area (Å²) in [6.45, 7) is 0. The van der Waals surface area contributed by atoms with Crippen LogP contribution in [0.25, 0.3) is 0 Å². The quantitative estimate of drug-likeness (QED) is 0.567. The molecule has 4 nitrogen and oxygen atoms in total. The SMILES string of the molecule is O=S(=O)(Cl)C1N=NSc2ccccc21. The van der Waals surface area contributed by atoms with Gasteiger partial charge in [-0.2, -0.15) is 5.11 Å². The van der Waals surface area contributed by atoms with Gasteiger partial charge in [0.2, 0.25) is 5.37 Å². The molecular weight excluding hydrogens is 244 g/mol. The lowest BCUT2D eigenvalue weighted by molar-refractivity contribution is 0.595. The molecule has 0 bridgehead atoms. The second-order valence-corrected chi connectivity index (χ2v) is 6.13. The van der Waals surface area contributed by atoms with Crippen molar-refractivity contribution in [2.45, 2.75) is 10.3 Å². The maximum absolute atomic E-state index is 11.2. The van der Waals surface area contributed by atoms with Gasteiger partial charge in [0.25, 0.3) is 9.05 Å². The number of benzene rings is 1. The number of halogens is 1. The van der Waals surface area contributed by atoms with Gasteiger partial charge >= 0.3 is 0 Å². The molecule has 0 saturated carbocycles. The van der Waals surface area contributed by atoms with E-state index in [4.69, 9.17) is 10.7 Å². The Morgan fingerprint density at radius 3 is 2.79 bits per heavy atom. The van der Waals surface area contributed by atoms with Crippen LogP contribution in [-0.2, 0) is 9.05 Å². The standard InChI is InChI=1S/C7H5ClN2O2S2/c8-14(11,12)7-5-3-1-2-4-6(5)13-10-9-7/h1-4,7H. The lowest BCUT2D eigenvalue weighted by Crippen LogP contribution is -2.07. The molecule has 1 unspecified atom stereocenters. The third-order valence-corrected chi connectivity index (χ3v) is 3.88. The van der Waals surface area contributed by atoms with Gasteiger partial charge in [0.1, 0.15) is 0 Å². The average Bonchev–Trinajstić information content (AvgIpc) is 2.15. The van der Waals surface area contributed by atoms with Gasteiger partial charge < -0.3 is 0 Å². The van der Waals surface area contributed by atoms with Crippen molar-refractivity contribution >= 4 is 31.7 Å². The molecule has 1 atom stereocenters. The number of fused-ring (bicyclic) bond motifs is 1. The minimum atomic E-state index is -3.74. The van der Waals surface area contributed by atoms with Gasteiger partial charge in [0.05, 0.1) is 0 Å². The lowest BCUT2D eigenvalue weighted by atomic mass is 10.2. The van der Waals surface area contributed by atoms with Gasteiger partial charge in [-0.15, -0.1) is 4.52 Å². The smallest absolute Gasteiger partial charge is 0.209 e. The first kappa shape index (κ1) is 9.95. The monoisotopic (exact) mass is 248 g/mol. The highest BCUT2D eigenvalue weighted by molar-refractivity contribution is 8.14. The van der Waals surface area contributed by atoms with Crippen LogP contribution in [0.15, 0.2) is 38.8 Å². The zero-order chi connectivity index (χ0) is 10.2. The summed E-state index contributed by atoms with van der Waals surface area (Å²) < 4.78 is 25.9. The molecule has 0 fully saturated rings. The molecule has 1 aliphatic heterocycles. The second kappa shape index (κ2) is 3.52. The van der Waals surface area contributed by atoms with Gasteiger partial charge in [-0.3, -0.25) is 0 Å². The lowest BCUT2D eigenvalue weighted by Gasteiger charge is -2.14. The Morgan fingerprint density at radius 2 is 2.07 bits per heavy atom. The Kier molecular flexibility index (Phi) is 2.50. The Bertz CT molecular complexity index is 486. The molecule has 74 valence electrons. The summed E-state index contributed by atoms with van der Waals surface area (Å²) >= 11 is 1.14. The van der Waals surface area contributed by atoms with Crippen LogP contribution >= 0.6 is 22.6 Å². The van der Waals surface area contributed by atoms with Crippen molar-refractivity contribution in [3.8, 4) is 0 Å². The molecule has 14 heavy (non-hydrogen) atoms. The summed E-state index contributed by atoms with van der Waals surface area (Å²) in [6, 6.07) is 7.03. The van der Waals surface area contributed by atoms with Gasteiger partial charge in [-0.25, -0.2) is 8.42 Å². The van der Waals surface area contributed by atoms with E-state index in [2.05, 4.69) is 9.63 Å². The molecule has 1 heterocycles. The van der Waals surface area contributed by atoms with Crippen LogP contribution in [0.4, 0.5) is 0 Å². The Labute approximate surface area is 89.9 Å². The average molecular weight is 249 g/mol. The number of rotatable bonds is 1. The van der Waals surface area contributed by atoms with Gasteiger partial charge in [-0.1, -0.05) is 18.2 Å². The third-order valence-electron chi connectivity index (χ3n) is 1.74. The van der Waals surface area contributed by atoms with E-state index < -0.39 is 14.4 Å². The molecule has 0 radical (unpaired) electrons. The van der Waals surface area contributed by atoms with E-state index in [-0.39, 0.29) is 0 Å². The van der Waals surface area contributed by atoms with Gasteiger partial charge in [0, 0.05) is 33.1 Å². The molecule has 1 aliphatic rings. The number of hydrogen-bond acceptors (Lipinski definition) is 5. The van der Waals surface area contributed by atoms with Crippen molar-refractivity contribution in [2.75, 3.05) is 0 Å². The Hall–Kier alpha value is -0.590. The highest BCUT2D eigenvalue weighted by Gasteiger charge is 2.29. The van der Waals surface area contributed by atoms with E-state index in [0.29, 0.717) is 5.56 Å². The molecule has 0 amide bonds. The second-order valence-electron chi connectivity index (χ2n) is 2.65. The molecular formula is C7H5ClN2O2S2. The number of hydrogen-bond donors (Lipinski definition) is 0.